The van der Waals surface area contributed by atoms with Gasteiger partial charge in [0.25, 0.3) is 0 Å². The monoisotopic (exact) mass is 196 g/mol. The molecule has 1 fully saturated rings. The average Bonchev–Trinajstić information content (AvgIpc) is 2.48. The number of likely N-dealkylation sites (tertiary alicyclic amines) is 1. The summed E-state index contributed by atoms with van der Waals surface area (Å²) in [4.78, 5) is 8.04. The minimum Gasteiger partial charge on any atom is -0.295 e. The molecule has 3 heteroatoms. The number of hydrogen-bond donors (Lipinski definition) is 0. The second-order valence-corrected chi connectivity index (χ2v) is 5.01. The molecule has 0 amide bonds. The van der Waals surface area contributed by atoms with Crippen LogP contribution in [0.4, 0.5) is 0 Å². The lowest BCUT2D eigenvalue weighted by molar-refractivity contribution is 0.0492. The van der Waals surface area contributed by atoms with Gasteiger partial charge in [0.2, 0.25) is 0 Å². The van der Waals surface area contributed by atoms with Crippen LogP contribution in [0.1, 0.15) is 25.1 Å². The van der Waals surface area contributed by atoms with Crippen LogP contribution in [-0.2, 0) is 6.54 Å². The van der Waals surface area contributed by atoms with E-state index in [1.54, 1.807) is 11.3 Å². The number of hydrogen-bond acceptors (Lipinski definition) is 3. The number of rotatable bonds is 3. The highest BCUT2D eigenvalue weighted by Crippen LogP contribution is 2.26. The second-order valence-electron chi connectivity index (χ2n) is 4.04. The van der Waals surface area contributed by atoms with Gasteiger partial charge in [0, 0.05) is 30.2 Å². The SMILES string of the molecule is CC(C)C1CCN1Cc1cncs1. The van der Waals surface area contributed by atoms with E-state index in [2.05, 4.69) is 23.7 Å². The molecule has 1 aromatic heterocycles. The molecule has 1 aliphatic rings. The Labute approximate surface area is 83.6 Å². The van der Waals surface area contributed by atoms with Crippen LogP contribution in [0.15, 0.2) is 11.7 Å². The highest BCUT2D eigenvalue weighted by atomic mass is 32.1. The van der Waals surface area contributed by atoms with Gasteiger partial charge >= 0.3 is 0 Å². The Morgan fingerprint density at radius 1 is 1.69 bits per heavy atom. The molecule has 1 aliphatic heterocycles. The second kappa shape index (κ2) is 3.76. The molecule has 0 spiro atoms. The zero-order valence-corrected chi connectivity index (χ0v) is 9.05. The highest BCUT2D eigenvalue weighted by molar-refractivity contribution is 7.09. The molecular weight excluding hydrogens is 180 g/mol. The van der Waals surface area contributed by atoms with Crippen molar-refractivity contribution in [3.8, 4) is 0 Å². The summed E-state index contributed by atoms with van der Waals surface area (Å²) in [5, 5.41) is 0. The fourth-order valence-corrected chi connectivity index (χ4v) is 2.55. The molecular formula is C10H16N2S. The van der Waals surface area contributed by atoms with Crippen molar-refractivity contribution < 1.29 is 0 Å². The van der Waals surface area contributed by atoms with Crippen molar-refractivity contribution in [2.45, 2.75) is 32.9 Å². The van der Waals surface area contributed by atoms with E-state index in [0.29, 0.717) is 0 Å². The standard InChI is InChI=1S/C10H16N2S/c1-8(2)10-3-4-12(10)6-9-5-11-7-13-9/h5,7-8,10H,3-4,6H2,1-2H3. The summed E-state index contributed by atoms with van der Waals surface area (Å²) in [7, 11) is 0. The molecule has 1 aromatic rings. The molecule has 2 nitrogen and oxygen atoms in total. The maximum Gasteiger partial charge on any atom is 0.0794 e. The lowest BCUT2D eigenvalue weighted by atomic mass is 9.92. The van der Waals surface area contributed by atoms with Crippen molar-refractivity contribution >= 4 is 11.3 Å². The van der Waals surface area contributed by atoms with Gasteiger partial charge in [0.15, 0.2) is 0 Å². The van der Waals surface area contributed by atoms with Crippen molar-refractivity contribution in [3.63, 3.8) is 0 Å². The smallest absolute Gasteiger partial charge is 0.0794 e. The first kappa shape index (κ1) is 9.16. The van der Waals surface area contributed by atoms with E-state index < -0.39 is 0 Å². The van der Waals surface area contributed by atoms with Crippen LogP contribution in [0, 0.1) is 5.92 Å². The number of thiazole rings is 1. The molecule has 1 saturated heterocycles. The maximum absolute atomic E-state index is 4.10. The Morgan fingerprint density at radius 2 is 2.54 bits per heavy atom. The van der Waals surface area contributed by atoms with Crippen molar-refractivity contribution in [1.82, 2.24) is 9.88 Å². The van der Waals surface area contributed by atoms with Gasteiger partial charge in [-0.15, -0.1) is 11.3 Å². The summed E-state index contributed by atoms with van der Waals surface area (Å²) in [6.45, 7) is 6.99. The lowest BCUT2D eigenvalue weighted by Gasteiger charge is -2.43. The van der Waals surface area contributed by atoms with Crippen LogP contribution in [0.25, 0.3) is 0 Å². The van der Waals surface area contributed by atoms with E-state index in [-0.39, 0.29) is 0 Å². The average molecular weight is 196 g/mol. The summed E-state index contributed by atoms with van der Waals surface area (Å²) >= 11 is 1.76. The molecule has 2 heterocycles. The topological polar surface area (TPSA) is 16.1 Å². The van der Waals surface area contributed by atoms with Crippen LogP contribution < -0.4 is 0 Å². The fourth-order valence-electron chi connectivity index (χ4n) is 1.93. The van der Waals surface area contributed by atoms with E-state index in [9.17, 15) is 0 Å². The quantitative estimate of drug-likeness (QED) is 0.738. The van der Waals surface area contributed by atoms with Gasteiger partial charge in [0.1, 0.15) is 0 Å². The van der Waals surface area contributed by atoms with Crippen LogP contribution in [-0.4, -0.2) is 22.5 Å². The first-order valence-corrected chi connectivity index (χ1v) is 5.77. The summed E-state index contributed by atoms with van der Waals surface area (Å²) in [5.74, 6) is 0.793. The molecule has 0 radical (unpaired) electrons. The van der Waals surface area contributed by atoms with E-state index >= 15 is 0 Å². The third kappa shape index (κ3) is 1.92. The molecule has 0 aliphatic carbocycles. The van der Waals surface area contributed by atoms with Crippen LogP contribution in [0.5, 0.6) is 0 Å². The van der Waals surface area contributed by atoms with Gasteiger partial charge in [-0.25, -0.2) is 0 Å². The molecule has 2 rings (SSSR count). The van der Waals surface area contributed by atoms with Crippen LogP contribution in [0.3, 0.4) is 0 Å². The van der Waals surface area contributed by atoms with Gasteiger partial charge in [-0.1, -0.05) is 13.8 Å². The predicted octanol–water partition coefficient (Wildman–Crippen LogP) is 2.37. The predicted molar refractivity (Wildman–Crippen MR) is 55.8 cm³/mol. The Balaban J connectivity index is 1.89. The summed E-state index contributed by atoms with van der Waals surface area (Å²) in [6, 6.07) is 0.807. The van der Waals surface area contributed by atoms with Gasteiger partial charge < -0.3 is 0 Å². The van der Waals surface area contributed by atoms with Crippen LogP contribution >= 0.6 is 11.3 Å². The largest absolute Gasteiger partial charge is 0.295 e. The summed E-state index contributed by atoms with van der Waals surface area (Å²) in [5.41, 5.74) is 1.92. The molecule has 0 aromatic carbocycles. The zero-order valence-electron chi connectivity index (χ0n) is 8.23. The van der Waals surface area contributed by atoms with Crippen molar-refractivity contribution in [2.24, 2.45) is 5.92 Å². The normalized spacial score (nSPS) is 23.5. The minimum atomic E-state index is 0.793. The number of nitrogens with zero attached hydrogens (tertiary/aromatic N) is 2. The third-order valence-electron chi connectivity index (χ3n) is 2.79. The fraction of sp³-hybridized carbons (Fsp3) is 0.700. The summed E-state index contributed by atoms with van der Waals surface area (Å²) < 4.78 is 0. The Hall–Kier alpha value is -0.410. The van der Waals surface area contributed by atoms with E-state index in [0.717, 1.165) is 18.5 Å². The van der Waals surface area contributed by atoms with Gasteiger partial charge in [0.05, 0.1) is 5.51 Å². The van der Waals surface area contributed by atoms with Crippen molar-refractivity contribution in [3.05, 3.63) is 16.6 Å². The highest BCUT2D eigenvalue weighted by Gasteiger charge is 2.30. The van der Waals surface area contributed by atoms with E-state index in [4.69, 9.17) is 0 Å². The molecule has 13 heavy (non-hydrogen) atoms. The third-order valence-corrected chi connectivity index (χ3v) is 3.56. The van der Waals surface area contributed by atoms with Crippen molar-refractivity contribution in [2.75, 3.05) is 6.54 Å². The Bertz CT molecular complexity index is 256. The molecule has 1 unspecified atom stereocenters. The first-order chi connectivity index (χ1) is 6.27. The van der Waals surface area contributed by atoms with Gasteiger partial charge in [-0.3, -0.25) is 9.88 Å². The first-order valence-electron chi connectivity index (χ1n) is 4.89. The minimum absolute atomic E-state index is 0.793. The summed E-state index contributed by atoms with van der Waals surface area (Å²) in [6.07, 6.45) is 3.36. The zero-order chi connectivity index (χ0) is 9.26. The van der Waals surface area contributed by atoms with E-state index in [1.807, 2.05) is 11.7 Å². The number of aromatic nitrogens is 1. The van der Waals surface area contributed by atoms with E-state index in [1.165, 1.54) is 17.8 Å². The van der Waals surface area contributed by atoms with Gasteiger partial charge in [-0.05, 0) is 12.3 Å². The Kier molecular flexibility index (Phi) is 2.65. The molecule has 0 bridgehead atoms. The molecule has 1 atom stereocenters. The van der Waals surface area contributed by atoms with Gasteiger partial charge in [-0.2, -0.15) is 0 Å². The lowest BCUT2D eigenvalue weighted by Crippen LogP contribution is -2.49. The molecule has 0 N–H and O–H groups in total. The molecule has 0 saturated carbocycles. The Morgan fingerprint density at radius 3 is 3.00 bits per heavy atom. The van der Waals surface area contributed by atoms with Crippen LogP contribution in [0.2, 0.25) is 0 Å². The molecule has 72 valence electrons. The van der Waals surface area contributed by atoms with Crippen molar-refractivity contribution in [1.29, 1.82) is 0 Å². The maximum atomic E-state index is 4.10.